The maximum Gasteiger partial charge on any atom is 0.242 e. The molecule has 0 saturated heterocycles. The lowest BCUT2D eigenvalue weighted by Gasteiger charge is -2.30. The van der Waals surface area contributed by atoms with Crippen LogP contribution in [-0.2, 0) is 16.8 Å². The number of nitrogens with one attached hydrogen (secondary N) is 1. The number of halogens is 1. The van der Waals surface area contributed by atoms with Gasteiger partial charge in [-0.1, -0.05) is 19.9 Å². The molecule has 0 aromatic heterocycles. The number of likely N-dealkylation sites (N-methyl/N-ethyl adjacent to an activating group) is 1. The largest absolute Gasteiger partial charge is 0.368 e. The molecule has 0 heterocycles. The molecule has 1 aliphatic rings. The number of hydrogen-bond donors (Lipinski definition) is 2. The van der Waals surface area contributed by atoms with Gasteiger partial charge in [0.05, 0.1) is 0 Å². The summed E-state index contributed by atoms with van der Waals surface area (Å²) in [6.07, 6.45) is 1.27. The van der Waals surface area contributed by atoms with Gasteiger partial charge in [-0.2, -0.15) is 0 Å². The van der Waals surface area contributed by atoms with Crippen molar-refractivity contribution in [1.82, 2.24) is 10.2 Å². The molecule has 1 aliphatic carbocycles. The average Bonchev–Trinajstić information content (AvgIpc) is 2.83. The van der Waals surface area contributed by atoms with Crippen LogP contribution in [0.3, 0.4) is 0 Å². The molecule has 0 radical (unpaired) electrons. The molecule has 0 saturated carbocycles. The first-order chi connectivity index (χ1) is 10.0. The number of carbonyl (C=O) groups is 1. The second-order valence-corrected chi connectivity index (χ2v) is 5.52. The van der Waals surface area contributed by atoms with E-state index in [1.165, 1.54) is 12.1 Å². The van der Waals surface area contributed by atoms with Crippen LogP contribution in [0.2, 0.25) is 0 Å². The van der Waals surface area contributed by atoms with Gasteiger partial charge in [-0.3, -0.25) is 10.1 Å². The maximum absolute atomic E-state index is 13.3. The van der Waals surface area contributed by atoms with Crippen LogP contribution in [0.5, 0.6) is 0 Å². The summed E-state index contributed by atoms with van der Waals surface area (Å²) in [5.41, 5.74) is 6.52. The van der Waals surface area contributed by atoms with E-state index in [0.717, 1.165) is 30.8 Å². The Labute approximate surface area is 125 Å². The predicted molar refractivity (Wildman–Crippen MR) is 81.4 cm³/mol. The fourth-order valence-electron chi connectivity index (χ4n) is 3.14. The van der Waals surface area contributed by atoms with E-state index in [1.54, 1.807) is 6.07 Å². The fraction of sp³-hybridized carbons (Fsp3) is 0.562. The van der Waals surface area contributed by atoms with Crippen LogP contribution in [0.4, 0.5) is 4.39 Å². The summed E-state index contributed by atoms with van der Waals surface area (Å²) in [5.74, 6) is -0.649. The van der Waals surface area contributed by atoms with Crippen LogP contribution in [0.15, 0.2) is 18.2 Å². The Kier molecular flexibility index (Phi) is 4.96. The van der Waals surface area contributed by atoms with Gasteiger partial charge in [0.15, 0.2) is 0 Å². The highest BCUT2D eigenvalue weighted by Crippen LogP contribution is 2.37. The molecule has 1 amide bonds. The molecule has 4 nitrogen and oxygen atoms in total. The van der Waals surface area contributed by atoms with Gasteiger partial charge in [0, 0.05) is 13.1 Å². The van der Waals surface area contributed by atoms with Crippen LogP contribution in [0.1, 0.15) is 31.4 Å². The van der Waals surface area contributed by atoms with Crippen LogP contribution >= 0.6 is 0 Å². The van der Waals surface area contributed by atoms with Crippen molar-refractivity contribution < 1.29 is 9.18 Å². The minimum atomic E-state index is -0.851. The highest BCUT2D eigenvalue weighted by Gasteiger charge is 2.43. The van der Waals surface area contributed by atoms with Gasteiger partial charge in [0.1, 0.15) is 11.4 Å². The zero-order chi connectivity index (χ0) is 15.5. The molecule has 21 heavy (non-hydrogen) atoms. The second-order valence-electron chi connectivity index (χ2n) is 5.52. The number of benzene rings is 1. The first-order valence-electron chi connectivity index (χ1n) is 7.59. The van der Waals surface area contributed by atoms with Gasteiger partial charge < -0.3 is 10.6 Å². The highest BCUT2D eigenvalue weighted by atomic mass is 19.1. The van der Waals surface area contributed by atoms with Crippen LogP contribution in [0, 0.1) is 5.82 Å². The lowest BCUT2D eigenvalue weighted by molar-refractivity contribution is -0.124. The number of nitrogens with two attached hydrogens (primary N) is 1. The Balaban J connectivity index is 2.15. The van der Waals surface area contributed by atoms with Crippen LogP contribution in [0.25, 0.3) is 0 Å². The summed E-state index contributed by atoms with van der Waals surface area (Å²) >= 11 is 0. The SMILES string of the molecule is CCN(CC)CCNC1(C(N)=O)CCc2cc(F)ccc21. The smallest absolute Gasteiger partial charge is 0.242 e. The standard InChI is InChI=1S/C16H24FN3O/c1-3-20(4-2)10-9-19-16(15(18)21)8-7-12-11-13(17)5-6-14(12)16/h5-6,11,19H,3-4,7-10H2,1-2H3,(H2,18,21). The lowest BCUT2D eigenvalue weighted by atomic mass is 9.91. The van der Waals surface area contributed by atoms with Gasteiger partial charge in [0.25, 0.3) is 0 Å². The van der Waals surface area contributed by atoms with Gasteiger partial charge in [-0.15, -0.1) is 0 Å². The zero-order valence-corrected chi connectivity index (χ0v) is 12.8. The summed E-state index contributed by atoms with van der Waals surface area (Å²) < 4.78 is 13.3. The summed E-state index contributed by atoms with van der Waals surface area (Å²) in [6.45, 7) is 7.72. The van der Waals surface area contributed by atoms with E-state index < -0.39 is 5.54 Å². The van der Waals surface area contributed by atoms with Crippen molar-refractivity contribution in [1.29, 1.82) is 0 Å². The normalized spacial score (nSPS) is 20.8. The summed E-state index contributed by atoms with van der Waals surface area (Å²) in [6, 6.07) is 4.59. The van der Waals surface area contributed by atoms with Crippen molar-refractivity contribution in [3.63, 3.8) is 0 Å². The Morgan fingerprint density at radius 3 is 2.76 bits per heavy atom. The van der Waals surface area contributed by atoms with Crippen molar-refractivity contribution in [3.05, 3.63) is 35.1 Å². The molecule has 0 bridgehead atoms. The number of primary amides is 1. The molecule has 1 atom stereocenters. The van der Waals surface area contributed by atoms with E-state index in [0.29, 0.717) is 19.4 Å². The number of fused-ring (bicyclic) bond motifs is 1. The van der Waals surface area contributed by atoms with Crippen molar-refractivity contribution in [2.45, 2.75) is 32.2 Å². The number of nitrogens with zero attached hydrogens (tertiary/aromatic N) is 1. The molecule has 116 valence electrons. The molecule has 1 aromatic carbocycles. The van der Waals surface area contributed by atoms with Crippen molar-refractivity contribution in [3.8, 4) is 0 Å². The molecule has 0 fully saturated rings. The zero-order valence-electron chi connectivity index (χ0n) is 12.8. The molecule has 0 aliphatic heterocycles. The quantitative estimate of drug-likeness (QED) is 0.798. The van der Waals surface area contributed by atoms with Crippen molar-refractivity contribution in [2.75, 3.05) is 26.2 Å². The first kappa shape index (κ1) is 15.9. The third kappa shape index (κ3) is 3.09. The van der Waals surface area contributed by atoms with E-state index in [-0.39, 0.29) is 11.7 Å². The van der Waals surface area contributed by atoms with Crippen LogP contribution in [-0.4, -0.2) is 37.0 Å². The summed E-state index contributed by atoms with van der Waals surface area (Å²) in [5, 5.41) is 3.33. The lowest BCUT2D eigenvalue weighted by Crippen LogP contribution is -2.53. The molecule has 2 rings (SSSR count). The molecular weight excluding hydrogens is 269 g/mol. The molecular formula is C16H24FN3O. The number of carbonyl (C=O) groups excluding carboxylic acids is 1. The van der Waals surface area contributed by atoms with E-state index >= 15 is 0 Å². The highest BCUT2D eigenvalue weighted by molar-refractivity contribution is 5.87. The summed E-state index contributed by atoms with van der Waals surface area (Å²) in [7, 11) is 0. The van der Waals surface area contributed by atoms with Crippen molar-refractivity contribution in [2.24, 2.45) is 5.73 Å². The van der Waals surface area contributed by atoms with E-state index in [1.807, 2.05) is 0 Å². The Hall–Kier alpha value is -1.46. The third-order valence-corrected chi connectivity index (χ3v) is 4.47. The number of rotatable bonds is 7. The Morgan fingerprint density at radius 2 is 2.14 bits per heavy atom. The van der Waals surface area contributed by atoms with Crippen LogP contribution < -0.4 is 11.1 Å². The van der Waals surface area contributed by atoms with E-state index in [2.05, 4.69) is 24.1 Å². The predicted octanol–water partition coefficient (Wildman–Crippen LogP) is 1.38. The van der Waals surface area contributed by atoms with Gasteiger partial charge in [-0.05, 0) is 49.2 Å². The Bertz CT molecular complexity index is 516. The fourth-order valence-corrected chi connectivity index (χ4v) is 3.14. The average molecular weight is 293 g/mol. The van der Waals surface area contributed by atoms with E-state index in [9.17, 15) is 9.18 Å². The Morgan fingerprint density at radius 1 is 1.43 bits per heavy atom. The second kappa shape index (κ2) is 6.54. The minimum Gasteiger partial charge on any atom is -0.368 e. The topological polar surface area (TPSA) is 58.4 Å². The minimum absolute atomic E-state index is 0.267. The van der Waals surface area contributed by atoms with Gasteiger partial charge >= 0.3 is 0 Å². The molecule has 3 N–H and O–H groups in total. The van der Waals surface area contributed by atoms with Gasteiger partial charge in [0.2, 0.25) is 5.91 Å². The molecule has 0 spiro atoms. The summed E-state index contributed by atoms with van der Waals surface area (Å²) in [4.78, 5) is 14.3. The number of hydrogen-bond acceptors (Lipinski definition) is 3. The number of aryl methyl sites for hydroxylation is 1. The maximum atomic E-state index is 13.3. The molecule has 5 heteroatoms. The third-order valence-electron chi connectivity index (χ3n) is 4.47. The van der Waals surface area contributed by atoms with Gasteiger partial charge in [-0.25, -0.2) is 4.39 Å². The number of amides is 1. The van der Waals surface area contributed by atoms with E-state index in [4.69, 9.17) is 5.73 Å². The monoisotopic (exact) mass is 293 g/mol. The molecule has 1 unspecified atom stereocenters. The van der Waals surface area contributed by atoms with Crippen molar-refractivity contribution >= 4 is 5.91 Å². The molecule has 1 aromatic rings. The first-order valence-corrected chi connectivity index (χ1v) is 7.59.